The third-order valence-corrected chi connectivity index (χ3v) is 13.7. The van der Waals surface area contributed by atoms with Crippen molar-refractivity contribution in [2.24, 2.45) is 0 Å². The minimum absolute atomic E-state index is 0.0353. The lowest BCUT2D eigenvalue weighted by Crippen LogP contribution is -2.59. The monoisotopic (exact) mass is 576 g/mol. The first-order chi connectivity index (χ1) is 17.2. The first-order valence-electron chi connectivity index (χ1n) is 15.6. The van der Waals surface area contributed by atoms with E-state index in [1.54, 1.807) is 0 Å². The standard InChI is InChI=1S/C30H64O4SSi2/c1-10-11-12-13-14-15-16-17-18-20-24-37(32-28(3)26-30(6,7)34-37)31-27(2)25-29(4,5)33-36(8,9)23-21-19-22-35/h27-28,35H,10-26H2,1-9H3. The van der Waals surface area contributed by atoms with Gasteiger partial charge in [-0.2, -0.15) is 12.6 Å². The van der Waals surface area contributed by atoms with Gasteiger partial charge in [-0.1, -0.05) is 71.1 Å². The second kappa shape index (κ2) is 17.4. The Morgan fingerprint density at radius 1 is 0.973 bits per heavy atom. The molecule has 1 rings (SSSR count). The molecule has 0 saturated carbocycles. The van der Waals surface area contributed by atoms with E-state index in [-0.39, 0.29) is 23.4 Å². The zero-order chi connectivity index (χ0) is 28.0. The van der Waals surface area contributed by atoms with Crippen LogP contribution in [0.2, 0.25) is 25.2 Å². The van der Waals surface area contributed by atoms with Gasteiger partial charge in [-0.15, -0.1) is 0 Å². The Kier molecular flexibility index (Phi) is 16.8. The van der Waals surface area contributed by atoms with Gasteiger partial charge < -0.3 is 17.7 Å². The van der Waals surface area contributed by atoms with Crippen molar-refractivity contribution >= 4 is 29.8 Å². The molecule has 1 aliphatic rings. The van der Waals surface area contributed by atoms with E-state index in [2.05, 4.69) is 74.2 Å². The van der Waals surface area contributed by atoms with Crippen molar-refractivity contribution in [3.63, 3.8) is 0 Å². The Hall–Kier alpha value is 0.624. The summed E-state index contributed by atoms with van der Waals surface area (Å²) in [7, 11) is -4.51. The summed E-state index contributed by atoms with van der Waals surface area (Å²) in [5, 5.41) is 0. The first kappa shape index (κ1) is 35.7. The summed E-state index contributed by atoms with van der Waals surface area (Å²) < 4.78 is 26.9. The molecule has 7 heteroatoms. The third kappa shape index (κ3) is 16.5. The molecular weight excluding hydrogens is 513 g/mol. The van der Waals surface area contributed by atoms with Gasteiger partial charge in [0.2, 0.25) is 0 Å². The fraction of sp³-hybridized carbons (Fsp3) is 1.00. The Labute approximate surface area is 239 Å². The van der Waals surface area contributed by atoms with Crippen molar-refractivity contribution in [2.45, 2.75) is 187 Å². The van der Waals surface area contributed by atoms with Crippen LogP contribution >= 0.6 is 12.6 Å². The molecule has 0 N–H and O–H groups in total. The van der Waals surface area contributed by atoms with Crippen molar-refractivity contribution in [2.75, 3.05) is 5.75 Å². The van der Waals surface area contributed by atoms with Crippen molar-refractivity contribution in [1.82, 2.24) is 0 Å². The van der Waals surface area contributed by atoms with E-state index in [4.69, 9.17) is 17.7 Å². The number of hydrogen-bond donors (Lipinski definition) is 1. The van der Waals surface area contributed by atoms with Gasteiger partial charge >= 0.3 is 8.80 Å². The van der Waals surface area contributed by atoms with Crippen LogP contribution in [0.3, 0.4) is 0 Å². The second-order valence-corrected chi connectivity index (χ2v) is 20.8. The number of hydrogen-bond acceptors (Lipinski definition) is 5. The lowest BCUT2D eigenvalue weighted by molar-refractivity contribution is -0.105. The van der Waals surface area contributed by atoms with E-state index in [1.807, 2.05) is 0 Å². The average Bonchev–Trinajstić information content (AvgIpc) is 2.72. The van der Waals surface area contributed by atoms with Gasteiger partial charge in [0.15, 0.2) is 8.32 Å². The van der Waals surface area contributed by atoms with Crippen LogP contribution in [-0.4, -0.2) is 46.3 Å². The summed E-state index contributed by atoms with van der Waals surface area (Å²) in [5.41, 5.74) is -0.422. The fourth-order valence-electron chi connectivity index (χ4n) is 6.12. The van der Waals surface area contributed by atoms with Gasteiger partial charge in [0.25, 0.3) is 0 Å². The van der Waals surface area contributed by atoms with E-state index in [0.29, 0.717) is 0 Å². The van der Waals surface area contributed by atoms with Gasteiger partial charge in [0.1, 0.15) is 0 Å². The van der Waals surface area contributed by atoms with E-state index < -0.39 is 17.1 Å². The predicted octanol–water partition coefficient (Wildman–Crippen LogP) is 9.96. The van der Waals surface area contributed by atoms with E-state index in [1.165, 1.54) is 76.7 Å². The summed E-state index contributed by atoms with van der Waals surface area (Å²) in [6.45, 7) is 20.2. The van der Waals surface area contributed by atoms with Crippen LogP contribution in [0.1, 0.15) is 138 Å². The summed E-state index contributed by atoms with van der Waals surface area (Å²) in [5.74, 6) is 0.958. The zero-order valence-corrected chi connectivity index (χ0v) is 29.2. The van der Waals surface area contributed by atoms with Crippen molar-refractivity contribution in [1.29, 1.82) is 0 Å². The molecule has 1 heterocycles. The number of rotatable bonds is 21. The Balaban J connectivity index is 2.64. The average molecular weight is 577 g/mol. The highest BCUT2D eigenvalue weighted by Crippen LogP contribution is 2.37. The SMILES string of the molecule is CCCCCCCCCCCC[Si]1(OC(C)CC(C)(C)O[Si](C)(C)CCCCS)OC(C)CC(C)(C)O1. The molecule has 1 saturated heterocycles. The molecule has 3 unspecified atom stereocenters. The highest BCUT2D eigenvalue weighted by Gasteiger charge is 2.52. The molecule has 3 atom stereocenters. The van der Waals surface area contributed by atoms with E-state index in [9.17, 15) is 0 Å². The molecule has 0 amide bonds. The summed E-state index contributed by atoms with van der Waals surface area (Å²) >= 11 is 4.37. The second-order valence-electron chi connectivity index (χ2n) is 13.5. The quantitative estimate of drug-likeness (QED) is 0.0838. The van der Waals surface area contributed by atoms with Crippen LogP contribution < -0.4 is 0 Å². The minimum atomic E-state index is -2.77. The molecule has 37 heavy (non-hydrogen) atoms. The molecule has 222 valence electrons. The smallest absolute Gasteiger partial charge is 0.412 e. The molecule has 0 radical (unpaired) electrons. The molecule has 0 aromatic carbocycles. The normalized spacial score (nSPS) is 23.4. The van der Waals surface area contributed by atoms with Gasteiger partial charge in [0, 0.05) is 18.3 Å². The first-order valence-corrected chi connectivity index (χ1v) is 21.3. The van der Waals surface area contributed by atoms with Crippen LogP contribution in [0.5, 0.6) is 0 Å². The van der Waals surface area contributed by atoms with Crippen LogP contribution in [0.4, 0.5) is 0 Å². The highest BCUT2D eigenvalue weighted by molar-refractivity contribution is 7.80. The third-order valence-electron chi connectivity index (χ3n) is 7.33. The molecule has 0 aromatic heterocycles. The van der Waals surface area contributed by atoms with Crippen molar-refractivity contribution in [3.8, 4) is 0 Å². The Morgan fingerprint density at radius 2 is 1.54 bits per heavy atom. The van der Waals surface area contributed by atoms with Crippen molar-refractivity contribution < 1.29 is 17.7 Å². The van der Waals surface area contributed by atoms with Crippen LogP contribution in [0.15, 0.2) is 0 Å². The van der Waals surface area contributed by atoms with Crippen LogP contribution in [-0.2, 0) is 17.7 Å². The molecular formula is C30H64O4SSi2. The highest BCUT2D eigenvalue weighted by atomic mass is 32.1. The summed E-state index contributed by atoms with van der Waals surface area (Å²) in [4.78, 5) is 0. The molecule has 0 aromatic rings. The lowest BCUT2D eigenvalue weighted by Gasteiger charge is -2.46. The molecule has 0 aliphatic carbocycles. The Bertz CT molecular complexity index is 602. The number of thiol groups is 1. The van der Waals surface area contributed by atoms with Crippen LogP contribution in [0.25, 0.3) is 0 Å². The molecule has 4 nitrogen and oxygen atoms in total. The Morgan fingerprint density at radius 3 is 2.08 bits per heavy atom. The minimum Gasteiger partial charge on any atom is -0.412 e. The largest absolute Gasteiger partial charge is 0.501 e. The van der Waals surface area contributed by atoms with E-state index in [0.717, 1.165) is 31.1 Å². The summed E-state index contributed by atoms with van der Waals surface area (Å²) in [6, 6.07) is 2.11. The maximum Gasteiger partial charge on any atom is 0.501 e. The molecule has 1 fully saturated rings. The number of unbranched alkanes of at least 4 members (excludes halogenated alkanes) is 10. The zero-order valence-electron chi connectivity index (χ0n) is 26.3. The van der Waals surface area contributed by atoms with Crippen LogP contribution in [0, 0.1) is 0 Å². The molecule has 0 bridgehead atoms. The van der Waals surface area contributed by atoms with Gasteiger partial charge in [0.05, 0.1) is 11.2 Å². The topological polar surface area (TPSA) is 36.9 Å². The van der Waals surface area contributed by atoms with Gasteiger partial charge in [-0.25, -0.2) is 0 Å². The van der Waals surface area contributed by atoms with Gasteiger partial charge in [-0.3, -0.25) is 0 Å². The maximum atomic E-state index is 6.84. The van der Waals surface area contributed by atoms with Crippen molar-refractivity contribution in [3.05, 3.63) is 0 Å². The lowest BCUT2D eigenvalue weighted by atomic mass is 10.0. The molecule has 0 spiro atoms. The van der Waals surface area contributed by atoms with Gasteiger partial charge in [-0.05, 0) is 92.1 Å². The predicted molar refractivity (Wildman–Crippen MR) is 168 cm³/mol. The molecule has 1 aliphatic heterocycles. The fourth-order valence-corrected chi connectivity index (χ4v) is 12.6. The van der Waals surface area contributed by atoms with E-state index >= 15 is 0 Å². The summed E-state index contributed by atoms with van der Waals surface area (Å²) in [6.07, 6.45) is 17.7. The maximum absolute atomic E-state index is 6.84.